The van der Waals surface area contributed by atoms with Crippen molar-refractivity contribution in [2.45, 2.75) is 19.3 Å². The molecule has 1 aromatic carbocycles. The first kappa shape index (κ1) is 21.1. The minimum Gasteiger partial charge on any atom is -0.451 e. The number of aromatic amines is 1. The number of primary amides is 1. The van der Waals surface area contributed by atoms with Gasteiger partial charge in [0.1, 0.15) is 11.7 Å². The van der Waals surface area contributed by atoms with Gasteiger partial charge in [-0.15, -0.1) is 0 Å². The predicted octanol–water partition coefficient (Wildman–Crippen LogP) is 3.98. The number of carbonyl (C=O) groups is 1. The average Bonchev–Trinajstić information content (AvgIpc) is 3.45. The second kappa shape index (κ2) is 9.00. The number of aryl methyl sites for hydroxylation is 1. The number of amides is 1. The lowest BCUT2D eigenvalue weighted by Gasteiger charge is -2.36. The number of piperazine rings is 1. The van der Waals surface area contributed by atoms with E-state index in [4.69, 9.17) is 15.4 Å². The van der Waals surface area contributed by atoms with E-state index in [9.17, 15) is 4.79 Å². The lowest BCUT2D eigenvalue weighted by atomic mass is 10.0. The van der Waals surface area contributed by atoms with Gasteiger partial charge >= 0.3 is 0 Å². The minimum atomic E-state index is -0.543. The third kappa shape index (κ3) is 4.43. The van der Waals surface area contributed by atoms with Gasteiger partial charge in [0.2, 0.25) is 0 Å². The molecule has 7 heteroatoms. The molecule has 0 bridgehead atoms. The molecule has 0 saturated carbocycles. The fourth-order valence-corrected chi connectivity index (χ4v) is 4.70. The van der Waals surface area contributed by atoms with Crippen LogP contribution < -0.4 is 10.6 Å². The molecule has 1 fully saturated rings. The number of benzene rings is 1. The molecule has 0 radical (unpaired) electrons. The Morgan fingerprint density at radius 1 is 1.09 bits per heavy atom. The van der Waals surface area contributed by atoms with Gasteiger partial charge in [-0.3, -0.25) is 9.69 Å². The van der Waals surface area contributed by atoms with Gasteiger partial charge in [0, 0.05) is 54.7 Å². The Hall–Kier alpha value is -3.76. The third-order valence-corrected chi connectivity index (χ3v) is 6.55. The fourth-order valence-electron chi connectivity index (χ4n) is 4.70. The number of hydrogen-bond donors (Lipinski definition) is 2. The van der Waals surface area contributed by atoms with Crippen LogP contribution in [-0.4, -0.2) is 48.5 Å². The predicted molar refractivity (Wildman–Crippen MR) is 128 cm³/mol. The zero-order chi connectivity index (χ0) is 22.8. The van der Waals surface area contributed by atoms with E-state index < -0.39 is 5.91 Å². The van der Waals surface area contributed by atoms with Crippen LogP contribution in [0.3, 0.4) is 0 Å². The van der Waals surface area contributed by atoms with Crippen molar-refractivity contribution >= 4 is 22.6 Å². The van der Waals surface area contributed by atoms with Crippen molar-refractivity contribution in [2.24, 2.45) is 5.73 Å². The monoisotopic (exact) mass is 441 g/mol. The van der Waals surface area contributed by atoms with Crippen LogP contribution in [0, 0.1) is 11.3 Å². The second-order valence-electron chi connectivity index (χ2n) is 8.67. The maximum absolute atomic E-state index is 11.4. The molecule has 168 valence electrons. The number of rotatable bonds is 7. The summed E-state index contributed by atoms with van der Waals surface area (Å²) >= 11 is 0. The number of H-pyrrole nitrogens is 1. The molecule has 0 unspecified atom stereocenters. The Morgan fingerprint density at radius 3 is 2.73 bits per heavy atom. The molecule has 2 aliphatic heterocycles. The van der Waals surface area contributed by atoms with Crippen molar-refractivity contribution in [3.63, 3.8) is 0 Å². The van der Waals surface area contributed by atoms with Gasteiger partial charge in [0.05, 0.1) is 5.56 Å². The highest BCUT2D eigenvalue weighted by atomic mass is 16.3. The molecule has 1 aliphatic carbocycles. The maximum atomic E-state index is 11.4. The van der Waals surface area contributed by atoms with Crippen LogP contribution in [0.15, 0.2) is 53.1 Å². The Kier molecular flexibility index (Phi) is 5.76. The van der Waals surface area contributed by atoms with Gasteiger partial charge in [-0.25, -0.2) is 0 Å². The van der Waals surface area contributed by atoms with Gasteiger partial charge in [-0.05, 0) is 67.8 Å². The van der Waals surface area contributed by atoms with E-state index in [1.54, 1.807) is 12.3 Å². The van der Waals surface area contributed by atoms with E-state index in [1.807, 2.05) is 18.2 Å². The quantitative estimate of drug-likeness (QED) is 0.422. The molecule has 5 rings (SSSR count). The number of hydrogen-bond acceptors (Lipinski definition) is 5. The van der Waals surface area contributed by atoms with Gasteiger partial charge in [0.15, 0.2) is 5.76 Å². The average molecular weight is 442 g/mol. The van der Waals surface area contributed by atoms with Crippen LogP contribution >= 0.6 is 0 Å². The topological polar surface area (TPSA) is 102 Å². The zero-order valence-corrected chi connectivity index (χ0v) is 18.5. The maximum Gasteiger partial charge on any atom is 0.284 e. The van der Waals surface area contributed by atoms with Crippen LogP contribution in [0.1, 0.15) is 34.5 Å². The van der Waals surface area contributed by atoms with Crippen LogP contribution in [0.25, 0.3) is 22.2 Å². The summed E-state index contributed by atoms with van der Waals surface area (Å²) in [5.74, 6) is -0.344. The second-order valence-corrected chi connectivity index (χ2v) is 8.67. The molecular weight excluding hydrogens is 414 g/mol. The molecule has 0 atom stereocenters. The number of nitriles is 1. The van der Waals surface area contributed by atoms with E-state index in [0.29, 0.717) is 11.1 Å². The summed E-state index contributed by atoms with van der Waals surface area (Å²) in [7, 11) is 0. The first-order chi connectivity index (χ1) is 16.1. The Labute approximate surface area is 192 Å². The molecule has 2 aromatic rings. The van der Waals surface area contributed by atoms with Crippen molar-refractivity contribution in [1.29, 1.82) is 5.26 Å². The molecule has 33 heavy (non-hydrogen) atoms. The van der Waals surface area contributed by atoms with Crippen molar-refractivity contribution < 1.29 is 9.21 Å². The number of aromatic nitrogens is 1. The number of fused-ring (bicyclic) bond motifs is 2. The number of nitrogens with zero attached hydrogens (tertiary/aromatic N) is 3. The minimum absolute atomic E-state index is 0.199. The highest BCUT2D eigenvalue weighted by molar-refractivity contribution is 5.95. The number of nitrogens with one attached hydrogen (secondary N) is 1. The van der Waals surface area contributed by atoms with Gasteiger partial charge in [0.25, 0.3) is 5.91 Å². The zero-order valence-electron chi connectivity index (χ0n) is 18.5. The molecule has 1 aromatic heterocycles. The Bertz CT molecular complexity index is 1290. The van der Waals surface area contributed by atoms with Crippen LogP contribution in [-0.2, 0) is 6.42 Å². The molecule has 3 N–H and O–H groups in total. The molecule has 1 amide bonds. The lowest BCUT2D eigenvalue weighted by Crippen LogP contribution is -2.46. The van der Waals surface area contributed by atoms with Crippen molar-refractivity contribution in [2.75, 3.05) is 37.6 Å². The van der Waals surface area contributed by atoms with Crippen LogP contribution in [0.2, 0.25) is 0 Å². The highest BCUT2D eigenvalue weighted by Gasteiger charge is 2.18. The largest absolute Gasteiger partial charge is 0.451 e. The van der Waals surface area contributed by atoms with Gasteiger partial charge < -0.3 is 20.0 Å². The summed E-state index contributed by atoms with van der Waals surface area (Å²) in [5, 5.41) is 10.0. The molecule has 1 saturated heterocycles. The van der Waals surface area contributed by atoms with Crippen LogP contribution in [0.4, 0.5) is 5.69 Å². The van der Waals surface area contributed by atoms with E-state index >= 15 is 0 Å². The first-order valence-electron chi connectivity index (χ1n) is 11.4. The standard InChI is InChI=1S/C26H27N5O2/c27-16-18-13-22-19(4-6-23(22)29-17-18)3-1-2-8-30-9-11-31(12-10-30)21-5-7-24-20(14-21)15-25(33-24)26(28)32/h4-7,13-15,17,29H,1-3,8-12H2,(H2,28,32). The van der Waals surface area contributed by atoms with Crippen molar-refractivity contribution in [3.8, 4) is 17.3 Å². The van der Waals surface area contributed by atoms with Crippen molar-refractivity contribution in [1.82, 2.24) is 9.88 Å². The molecule has 3 aliphatic rings. The number of pyridine rings is 1. The lowest BCUT2D eigenvalue weighted by molar-refractivity contribution is 0.0976. The summed E-state index contributed by atoms with van der Waals surface area (Å²) in [6, 6.07) is 16.2. The van der Waals surface area contributed by atoms with E-state index in [0.717, 1.165) is 68.8 Å². The summed E-state index contributed by atoms with van der Waals surface area (Å²) in [5.41, 5.74) is 11.4. The van der Waals surface area contributed by atoms with E-state index in [1.165, 1.54) is 11.1 Å². The number of furan rings is 1. The SMILES string of the molecule is N#Cc1c[nH]c2ccc(CCCCN3CCN(c4ccc5oc(C(N)=O)cc5c4)CC3)c-2c1. The van der Waals surface area contributed by atoms with Crippen LogP contribution in [0.5, 0.6) is 0 Å². The fraction of sp³-hybridized carbons (Fsp3) is 0.308. The number of carbonyl (C=O) groups excluding carboxylic acids is 1. The first-order valence-corrected chi connectivity index (χ1v) is 11.4. The van der Waals surface area contributed by atoms with E-state index in [-0.39, 0.29) is 5.76 Å². The third-order valence-electron chi connectivity index (χ3n) is 6.55. The van der Waals surface area contributed by atoms with E-state index in [2.05, 4.69) is 39.1 Å². The number of anilines is 1. The summed E-state index contributed by atoms with van der Waals surface area (Å²) in [4.78, 5) is 19.5. The molecule has 7 nitrogen and oxygen atoms in total. The molecular formula is C26H27N5O2. The van der Waals surface area contributed by atoms with Crippen molar-refractivity contribution in [3.05, 3.63) is 65.5 Å². The van der Waals surface area contributed by atoms with Gasteiger partial charge in [-0.1, -0.05) is 6.07 Å². The van der Waals surface area contributed by atoms with Gasteiger partial charge in [-0.2, -0.15) is 5.26 Å². The summed E-state index contributed by atoms with van der Waals surface area (Å²) in [6.07, 6.45) is 5.09. The Balaban J connectivity index is 1.10. The smallest absolute Gasteiger partial charge is 0.284 e. The molecule has 3 heterocycles. The summed E-state index contributed by atoms with van der Waals surface area (Å²) < 4.78 is 5.49. The normalized spacial score (nSPS) is 14.7. The molecule has 0 spiro atoms. The Morgan fingerprint density at radius 2 is 1.94 bits per heavy atom. The number of unbranched alkanes of at least 4 members (excludes halogenated alkanes) is 1. The summed E-state index contributed by atoms with van der Waals surface area (Å²) in [6.45, 7) is 5.13. The number of nitrogens with two attached hydrogens (primary N) is 1. The highest BCUT2D eigenvalue weighted by Crippen LogP contribution is 2.28.